The van der Waals surface area contributed by atoms with Gasteiger partial charge in [-0.3, -0.25) is 0 Å². The van der Waals surface area contributed by atoms with Gasteiger partial charge in [-0.25, -0.2) is 0 Å². The lowest BCUT2D eigenvalue weighted by atomic mass is 9.98. The van der Waals surface area contributed by atoms with Crippen molar-refractivity contribution in [2.45, 2.75) is 13.0 Å². The summed E-state index contributed by atoms with van der Waals surface area (Å²) in [7, 11) is 3.75. The second kappa shape index (κ2) is 5.15. The molecule has 1 aromatic carbocycles. The van der Waals surface area contributed by atoms with Crippen molar-refractivity contribution in [3.8, 4) is 0 Å². The highest BCUT2D eigenvalue weighted by Crippen LogP contribution is 2.30. The molecule has 0 aromatic heterocycles. The highest BCUT2D eigenvalue weighted by atomic mass is 16.4. The minimum Gasteiger partial charge on any atom is -0.544 e. The third kappa shape index (κ3) is 3.43. The van der Waals surface area contributed by atoms with E-state index >= 15 is 0 Å². The summed E-state index contributed by atoms with van der Waals surface area (Å²) in [6.07, 6.45) is 0. The van der Waals surface area contributed by atoms with Gasteiger partial charge in [0.25, 0.3) is 0 Å². The van der Waals surface area contributed by atoms with Gasteiger partial charge in [-0.15, -0.1) is 0 Å². The molecule has 92 valence electrons. The molecule has 1 aromatic rings. The van der Waals surface area contributed by atoms with Crippen LogP contribution in [0.5, 0.6) is 0 Å². The number of hydrogen-bond donors (Lipinski definition) is 0. The smallest absolute Gasteiger partial charge is 0.136 e. The molecular formula is C14H19NO2. The standard InChI is InChI=1S/C14H19NO2/c1-11(2)14(12-8-6-5-7-9-12)15(3,4)10-13(16)17/h5-9,14H,1,10H2,2-4H3. The van der Waals surface area contributed by atoms with Gasteiger partial charge >= 0.3 is 0 Å². The SMILES string of the molecule is C=C(C)C(c1ccccc1)[N+](C)(C)CC(=O)[O-]. The van der Waals surface area contributed by atoms with E-state index in [-0.39, 0.29) is 12.6 Å². The summed E-state index contributed by atoms with van der Waals surface area (Å²) in [5.74, 6) is -1.04. The van der Waals surface area contributed by atoms with Crippen molar-refractivity contribution < 1.29 is 14.4 Å². The van der Waals surface area contributed by atoms with Gasteiger partial charge in [0.2, 0.25) is 0 Å². The van der Waals surface area contributed by atoms with Crippen LogP contribution in [0.3, 0.4) is 0 Å². The van der Waals surface area contributed by atoms with Gasteiger partial charge < -0.3 is 14.4 Å². The average Bonchev–Trinajstić information content (AvgIpc) is 2.15. The van der Waals surface area contributed by atoms with Crippen LogP contribution in [0.1, 0.15) is 18.5 Å². The maximum absolute atomic E-state index is 10.8. The number of quaternary nitrogens is 1. The number of carbonyl (C=O) groups excluding carboxylic acids is 1. The summed E-state index contributed by atoms with van der Waals surface area (Å²) in [4.78, 5) is 10.8. The maximum Gasteiger partial charge on any atom is 0.136 e. The molecule has 0 heterocycles. The number of aliphatic carboxylic acids is 1. The molecule has 0 aliphatic carbocycles. The first-order chi connectivity index (χ1) is 7.84. The van der Waals surface area contributed by atoms with Crippen LogP contribution < -0.4 is 5.11 Å². The quantitative estimate of drug-likeness (QED) is 0.565. The Hall–Kier alpha value is -1.61. The number of rotatable bonds is 5. The lowest BCUT2D eigenvalue weighted by Crippen LogP contribution is -2.50. The molecule has 1 rings (SSSR count). The Kier molecular flexibility index (Phi) is 4.07. The zero-order valence-electron chi connectivity index (χ0n) is 10.6. The van der Waals surface area contributed by atoms with E-state index in [1.807, 2.05) is 51.4 Å². The van der Waals surface area contributed by atoms with Gasteiger partial charge in [0.15, 0.2) is 0 Å². The van der Waals surface area contributed by atoms with Gasteiger partial charge in [0.05, 0.1) is 20.1 Å². The van der Waals surface area contributed by atoms with E-state index in [0.29, 0.717) is 4.48 Å². The zero-order valence-corrected chi connectivity index (χ0v) is 10.6. The van der Waals surface area contributed by atoms with Crippen molar-refractivity contribution in [1.82, 2.24) is 0 Å². The number of carbonyl (C=O) groups is 1. The first-order valence-corrected chi connectivity index (χ1v) is 5.57. The van der Waals surface area contributed by atoms with E-state index < -0.39 is 5.97 Å². The zero-order chi connectivity index (χ0) is 13.1. The average molecular weight is 233 g/mol. The number of likely N-dealkylation sites (N-methyl/N-ethyl adjacent to an activating group) is 1. The van der Waals surface area contributed by atoms with Crippen molar-refractivity contribution in [2.24, 2.45) is 0 Å². The fourth-order valence-corrected chi connectivity index (χ4v) is 2.34. The van der Waals surface area contributed by atoms with Crippen LogP contribution in [-0.2, 0) is 4.79 Å². The first kappa shape index (κ1) is 13.5. The van der Waals surface area contributed by atoms with Crippen LogP contribution in [0.4, 0.5) is 0 Å². The molecule has 0 amide bonds. The Labute approximate surface area is 103 Å². The highest BCUT2D eigenvalue weighted by molar-refractivity contribution is 5.65. The Bertz CT molecular complexity index is 409. The number of nitrogens with zero attached hydrogens (tertiary/aromatic N) is 1. The molecule has 0 spiro atoms. The Balaban J connectivity index is 3.10. The summed E-state index contributed by atoms with van der Waals surface area (Å²) in [6.45, 7) is 5.86. The summed E-state index contributed by atoms with van der Waals surface area (Å²) < 4.78 is 0.307. The second-order valence-electron chi connectivity index (χ2n) is 4.97. The molecule has 3 heteroatoms. The van der Waals surface area contributed by atoms with Crippen molar-refractivity contribution in [1.29, 1.82) is 0 Å². The molecule has 1 atom stereocenters. The second-order valence-corrected chi connectivity index (χ2v) is 4.97. The van der Waals surface area contributed by atoms with E-state index in [4.69, 9.17) is 0 Å². The molecule has 1 unspecified atom stereocenters. The van der Waals surface area contributed by atoms with Crippen molar-refractivity contribution >= 4 is 5.97 Å². The highest BCUT2D eigenvalue weighted by Gasteiger charge is 2.30. The van der Waals surface area contributed by atoms with E-state index in [9.17, 15) is 9.90 Å². The molecule has 17 heavy (non-hydrogen) atoms. The Morgan fingerprint density at radius 2 is 1.88 bits per heavy atom. The predicted molar refractivity (Wildman–Crippen MR) is 66.0 cm³/mol. The molecule has 0 saturated carbocycles. The summed E-state index contributed by atoms with van der Waals surface area (Å²) in [5.41, 5.74) is 2.02. The minimum absolute atomic E-state index is 0.0332. The molecule has 0 aliphatic rings. The van der Waals surface area contributed by atoms with E-state index in [1.54, 1.807) is 0 Å². The van der Waals surface area contributed by atoms with Crippen LogP contribution in [0, 0.1) is 0 Å². The Morgan fingerprint density at radius 1 is 1.35 bits per heavy atom. The number of carboxylic acid groups (broad SMARTS) is 1. The third-order valence-corrected chi connectivity index (χ3v) is 2.82. The lowest BCUT2D eigenvalue weighted by molar-refractivity contribution is -0.910. The van der Waals surface area contributed by atoms with Crippen LogP contribution in [0.15, 0.2) is 42.5 Å². The topological polar surface area (TPSA) is 40.1 Å². The van der Waals surface area contributed by atoms with Crippen LogP contribution in [0.25, 0.3) is 0 Å². The summed E-state index contributed by atoms with van der Waals surface area (Å²) in [5, 5.41) is 10.8. The fraction of sp³-hybridized carbons (Fsp3) is 0.357. The van der Waals surface area contributed by atoms with Crippen molar-refractivity contribution in [2.75, 3.05) is 20.6 Å². The van der Waals surface area contributed by atoms with Gasteiger partial charge in [-0.05, 0) is 12.5 Å². The number of carboxylic acids is 1. The first-order valence-electron chi connectivity index (χ1n) is 5.57. The fourth-order valence-electron chi connectivity index (χ4n) is 2.34. The largest absolute Gasteiger partial charge is 0.544 e. The van der Waals surface area contributed by atoms with E-state index in [0.717, 1.165) is 11.1 Å². The molecule has 3 nitrogen and oxygen atoms in total. The molecule has 0 saturated heterocycles. The van der Waals surface area contributed by atoms with Crippen LogP contribution in [0.2, 0.25) is 0 Å². The lowest BCUT2D eigenvalue weighted by Gasteiger charge is -2.39. The van der Waals surface area contributed by atoms with Crippen molar-refractivity contribution in [3.63, 3.8) is 0 Å². The monoisotopic (exact) mass is 233 g/mol. The van der Waals surface area contributed by atoms with Crippen LogP contribution >= 0.6 is 0 Å². The molecule has 0 radical (unpaired) electrons. The molecule has 0 aliphatic heterocycles. The van der Waals surface area contributed by atoms with Crippen LogP contribution in [-0.4, -0.2) is 31.1 Å². The summed E-state index contributed by atoms with van der Waals surface area (Å²) >= 11 is 0. The van der Waals surface area contributed by atoms with Gasteiger partial charge in [-0.1, -0.05) is 36.9 Å². The minimum atomic E-state index is -1.04. The molecule has 0 bridgehead atoms. The van der Waals surface area contributed by atoms with E-state index in [2.05, 4.69) is 6.58 Å². The molecule has 0 fully saturated rings. The van der Waals surface area contributed by atoms with Gasteiger partial charge in [-0.2, -0.15) is 0 Å². The Morgan fingerprint density at radius 3 is 2.29 bits per heavy atom. The molecule has 0 N–H and O–H groups in total. The maximum atomic E-state index is 10.8. The normalized spacial score (nSPS) is 13.1. The third-order valence-electron chi connectivity index (χ3n) is 2.82. The number of hydrogen-bond acceptors (Lipinski definition) is 2. The number of benzene rings is 1. The van der Waals surface area contributed by atoms with Gasteiger partial charge in [0.1, 0.15) is 12.6 Å². The van der Waals surface area contributed by atoms with Crippen molar-refractivity contribution in [3.05, 3.63) is 48.0 Å². The summed E-state index contributed by atoms with van der Waals surface area (Å²) in [6, 6.07) is 9.80. The predicted octanol–water partition coefficient (Wildman–Crippen LogP) is 1.13. The van der Waals surface area contributed by atoms with E-state index in [1.165, 1.54) is 0 Å². The molecular weight excluding hydrogens is 214 g/mol. The van der Waals surface area contributed by atoms with Gasteiger partial charge in [0, 0.05) is 5.56 Å².